The average Bonchev–Trinajstić information content (AvgIpc) is 1.53. The molecule has 552 valence electrons. The lowest BCUT2D eigenvalue weighted by atomic mass is 9.92. The molecule has 0 saturated heterocycles. The lowest BCUT2D eigenvalue weighted by Crippen LogP contribution is -2.24. The number of alkyl halides is 4. The molecule has 0 spiro atoms. The van der Waals surface area contributed by atoms with E-state index < -0.39 is 100 Å². The normalized spacial score (nSPS) is 14.2. The van der Waals surface area contributed by atoms with Gasteiger partial charge in [-0.25, -0.2) is 56.7 Å². The number of guanidine groups is 1. The molecule has 0 fully saturated rings. The molecule has 0 radical (unpaired) electrons. The molecule has 0 aliphatic carbocycles. The first kappa shape index (κ1) is 66.5. The monoisotopic (exact) mass is 1790 g/mol. The Morgan fingerprint density at radius 2 is 1.14 bits per heavy atom. The van der Waals surface area contributed by atoms with Gasteiger partial charge in [0.2, 0.25) is 11.9 Å². The van der Waals surface area contributed by atoms with E-state index in [1.165, 1.54) is 155 Å². The largest absolute Gasteiger partial charge is 0.369 e. The number of carbonyl (C=O) groups is 3. The molecule has 0 atom stereocenters. The first-order chi connectivity index (χ1) is 54.5. The maximum Gasteiger partial charge on any atom is 0.251 e. The summed E-state index contributed by atoms with van der Waals surface area (Å²) in [6.07, 6.45) is 9.50. The van der Waals surface area contributed by atoms with Crippen LogP contribution in [0.3, 0.4) is 0 Å². The minimum Gasteiger partial charge on any atom is -0.369 e. The second kappa shape index (κ2) is 43.6. The maximum atomic E-state index is 14.6. The number of rotatable bonds is 5. The fraction of sp³-hybridized carbons (Fsp3) is 0.386. The van der Waals surface area contributed by atoms with Crippen LogP contribution in [-0.4, -0.2) is 92.6 Å². The topological polar surface area (TPSA) is 301 Å². The number of fused-ring (bicyclic) bond motifs is 2. The van der Waals surface area contributed by atoms with Crippen LogP contribution in [0.2, 0.25) is 0 Å². The Kier molecular flexibility index (Phi) is 28.4. The Hall–Kier alpha value is -7.45. The van der Waals surface area contributed by atoms with E-state index in [-0.39, 0.29) is 74.5 Å². The number of aldehydes is 1. The number of hydrazone groups is 1. The first-order valence-electron chi connectivity index (χ1n) is 37.8. The van der Waals surface area contributed by atoms with Crippen molar-refractivity contribution in [2.45, 2.75) is 156 Å². The van der Waals surface area contributed by atoms with Gasteiger partial charge in [0.1, 0.15) is 39.1 Å². The zero-order valence-corrected chi connectivity index (χ0v) is 66.6. The van der Waals surface area contributed by atoms with Crippen molar-refractivity contribution >= 4 is 152 Å². The number of Topliss-reactive ketones (excluding diaryl/α,β-unsaturated/α-hetero) is 2. The van der Waals surface area contributed by atoms with Crippen LogP contribution in [0.15, 0.2) is 120 Å². The van der Waals surface area contributed by atoms with E-state index in [2.05, 4.69) is 142 Å². The highest BCUT2D eigenvalue weighted by molar-refractivity contribution is 9.93. The van der Waals surface area contributed by atoms with Crippen LogP contribution < -0.4 is 23.0 Å². The Labute approximate surface area is 670 Å². The standard InChI is InChI=1S/C22H17F2N5.C13H6BrF2N.C9H12N4.C7H12N4.C6H10Br2O.C6H12O.C4H9Cl.C2H3ClO.CH6N4.Br2/c1-22(2,3)19-12-27-29-18(11-26-21(29)28-19)13-8-9-15(23)14(10-13)20-16(24)6-5-7-17(20)25-4;1-17-12-4-2-3-11(16)13(12)9-7-8(14)5-6-10(9)15;1-9(2,3)7-6-11-13-5-4-10-8(13)12-7;1-7(2,3)5-4-9-11-6(8)10-5;1-6(2,3)4(9)5(7)8;1-5(7)6(2,3)4;1-4(2,3)5;3-1-2-4;2-1(3)5-4;1-2/h5-12H,1-3H3;2-7H;4-6H,1-3H3;4H,1-3H3,(H2,8,10,11);5H,1-3H3;1-4H3;1-3H3;2H,1H2;4H2,(H4,2,3,5);/i1D3;;3*1D3;2D3;1D3;;;. The Balaban J connectivity index is 0.00000141. The van der Waals surface area contributed by atoms with Crippen molar-refractivity contribution in [2.24, 2.45) is 33.2 Å². The third kappa shape index (κ3) is 34.2. The van der Waals surface area contributed by atoms with Gasteiger partial charge in [0.25, 0.3) is 11.6 Å². The molecule has 5 heterocycles. The molecule has 0 amide bonds. The van der Waals surface area contributed by atoms with Crippen LogP contribution in [0.1, 0.15) is 173 Å². The zero-order valence-electron chi connectivity index (χ0n) is 75.2. The summed E-state index contributed by atoms with van der Waals surface area (Å²) in [7, 11) is 0. The highest BCUT2D eigenvalue weighted by Crippen LogP contribution is 2.38. The first-order valence-corrected chi connectivity index (χ1v) is 36.1. The summed E-state index contributed by atoms with van der Waals surface area (Å²) in [5.41, 5.74) is 10.8. The van der Waals surface area contributed by atoms with Gasteiger partial charge < -0.3 is 27.8 Å². The Morgan fingerprint density at radius 1 is 0.676 bits per heavy atom. The van der Waals surface area contributed by atoms with Crippen LogP contribution in [0.5, 0.6) is 0 Å². The van der Waals surface area contributed by atoms with Crippen molar-refractivity contribution in [2.75, 3.05) is 11.6 Å². The zero-order chi connectivity index (χ0) is 94.1. The molecule has 32 heteroatoms. The third-order valence-corrected chi connectivity index (χ3v) is 13.2. The van der Waals surface area contributed by atoms with Gasteiger partial charge in [-0.15, -0.1) is 33.4 Å². The van der Waals surface area contributed by atoms with Crippen molar-refractivity contribution < 1.29 is 56.6 Å². The van der Waals surface area contributed by atoms with E-state index >= 15 is 0 Å². The minimum atomic E-state index is -2.29. The van der Waals surface area contributed by atoms with Gasteiger partial charge in [-0.3, -0.25) is 9.59 Å². The van der Waals surface area contributed by atoms with Crippen LogP contribution in [0, 0.1) is 47.2 Å². The molecule has 4 aromatic carbocycles. The molecule has 8 N–H and O–H groups in total. The van der Waals surface area contributed by atoms with Gasteiger partial charge >= 0.3 is 0 Å². The number of anilines is 1. The number of hydrogen-bond acceptors (Lipinski definition) is 15. The quantitative estimate of drug-likeness (QED) is 0.0182. The number of nitrogens with two attached hydrogens (primary N) is 4. The fourth-order valence-corrected chi connectivity index (χ4v) is 7.99. The summed E-state index contributed by atoms with van der Waals surface area (Å²) in [6, 6.07) is 16.4. The predicted octanol–water partition coefficient (Wildman–Crippen LogP) is 19.3. The van der Waals surface area contributed by atoms with Crippen molar-refractivity contribution in [1.82, 2.24) is 54.3 Å². The summed E-state index contributed by atoms with van der Waals surface area (Å²) in [6.45, 7) is 20.7. The second-order valence-corrected chi connectivity index (χ2v) is 28.7. The van der Waals surface area contributed by atoms with Crippen LogP contribution in [0.25, 0.3) is 54.8 Å². The number of halogens is 11. The third-order valence-electron chi connectivity index (χ3n) is 11.7. The predicted molar refractivity (Wildman–Crippen MR) is 421 cm³/mol. The van der Waals surface area contributed by atoms with Crippen LogP contribution in [0.4, 0.5) is 34.9 Å². The lowest BCUT2D eigenvalue weighted by Gasteiger charge is -2.16. The average molecular weight is 1790 g/mol. The van der Waals surface area contributed by atoms with Crippen molar-refractivity contribution in [1.29, 1.82) is 0 Å². The van der Waals surface area contributed by atoms with E-state index in [9.17, 15) is 27.2 Å². The van der Waals surface area contributed by atoms with Crippen molar-refractivity contribution in [3.05, 3.63) is 178 Å². The number of carbonyl (C=O) groups excluding carboxylic acids is 3. The smallest absolute Gasteiger partial charge is 0.251 e. The number of imidazole rings is 2. The van der Waals surface area contributed by atoms with E-state index in [1.54, 1.807) is 53.9 Å². The number of nitrogens with zero attached hydrogens (tertiary/aromatic N) is 14. The molecule has 5 aromatic heterocycles. The summed E-state index contributed by atoms with van der Waals surface area (Å²) < 4.78 is 190. The number of hydrogen-bond donors (Lipinski definition) is 4. The van der Waals surface area contributed by atoms with Crippen LogP contribution in [-0.2, 0) is 30.6 Å². The SMILES string of the molecule is BrBr.NN=C(N)N.O=CCCl.[2H]C([2H])([2H])C(C)(C)C(=O)C(Br)Br.[2H]C([2H])([2H])C(C)(C)C(C)=O.[2H]C([2H])([2H])C(C)(C)Cl.[2H]C([2H])([2H])C(C)(C)c1cnn2c(-c3ccc(F)c(-c4c(F)cccc4[N+]#[C-])c3)cnc2n1.[2H]C([2H])([2H])C(C)(C)c1cnn2ccnc2n1.[2H]C([2H])([2H])C(C)(C)c1cnnc(N)n1.[C-]#[N+]c1cccc(F)c1-c1cc(Br)ccc1F. The Morgan fingerprint density at radius 3 is 1.54 bits per heavy atom. The highest BCUT2D eigenvalue weighted by Gasteiger charge is 2.26. The van der Waals surface area contributed by atoms with Crippen molar-refractivity contribution in [3.63, 3.8) is 0 Å². The number of ketones is 2. The van der Waals surface area contributed by atoms with E-state index in [4.69, 9.17) is 83.0 Å². The van der Waals surface area contributed by atoms with Gasteiger partial charge in [0.15, 0.2) is 17.2 Å². The minimum absolute atomic E-state index is 0.00120. The summed E-state index contributed by atoms with van der Waals surface area (Å²) >= 11 is 24.9. The lowest BCUT2D eigenvalue weighted by molar-refractivity contribution is -0.124. The van der Waals surface area contributed by atoms with Gasteiger partial charge in [0.05, 0.1) is 72.8 Å². The highest BCUT2D eigenvalue weighted by atomic mass is 80.9. The number of aromatic nitrogens is 11. The number of benzene rings is 4. The molecular formula is C70H87Br5Cl2F4N18O3. The molecule has 0 saturated carbocycles. The van der Waals surface area contributed by atoms with Gasteiger partial charge in [-0.2, -0.15) is 19.8 Å². The van der Waals surface area contributed by atoms with Gasteiger partial charge in [-0.05, 0) is 76.2 Å². The maximum absolute atomic E-state index is 14.6. The van der Waals surface area contributed by atoms with Gasteiger partial charge in [-0.1, -0.05) is 176 Å². The summed E-state index contributed by atoms with van der Waals surface area (Å²) in [4.78, 5) is 57.2. The molecule has 0 aliphatic heterocycles. The Bertz CT molecular complexity index is 5000. The van der Waals surface area contributed by atoms with E-state index in [0.29, 0.717) is 39.2 Å². The second-order valence-electron chi connectivity index (χ2n) is 23.5. The molecule has 0 bridgehead atoms. The van der Waals surface area contributed by atoms with Gasteiger partial charge in [0, 0.05) is 123 Å². The van der Waals surface area contributed by atoms with E-state index in [1.807, 2.05) is 0 Å². The molecule has 102 heavy (non-hydrogen) atoms. The molecular weight excluding hydrogens is 1690 g/mol. The molecule has 0 aliphatic rings. The number of nitrogen functional groups attached to an aromatic ring is 1. The van der Waals surface area contributed by atoms with E-state index in [0.717, 1.165) is 0 Å². The van der Waals surface area contributed by atoms with Crippen molar-refractivity contribution in [3.8, 4) is 33.5 Å². The van der Waals surface area contributed by atoms with Crippen LogP contribution >= 0.6 is 99.2 Å². The molecule has 9 aromatic rings. The molecule has 0 unspecified atom stereocenters. The summed E-state index contributed by atoms with van der Waals surface area (Å²) in [5, 5.41) is 18.3. The fourth-order valence-electron chi connectivity index (χ4n) is 6.49. The summed E-state index contributed by atoms with van der Waals surface area (Å²) in [5.74, 6) is 1.89. The molecule has 21 nitrogen and oxygen atoms in total. The molecule has 9 rings (SSSR count).